The first-order valence-electron chi connectivity index (χ1n) is 19.0. The number of benzene rings is 6. The van der Waals surface area contributed by atoms with E-state index in [1.165, 1.54) is 24.3 Å². The number of rotatable bonds is 12. The number of alkyl halides is 6. The van der Waals surface area contributed by atoms with Gasteiger partial charge >= 0.3 is 12.4 Å². The quantitative estimate of drug-likeness (QED) is 0.0908. The predicted octanol–water partition coefficient (Wildman–Crippen LogP) is 12.6. The largest absolute Gasteiger partial charge is 0.493 e. The average Bonchev–Trinajstić information content (AvgIpc) is 3.25. The van der Waals surface area contributed by atoms with E-state index in [2.05, 4.69) is 9.97 Å². The number of ketones is 1. The fourth-order valence-corrected chi connectivity index (χ4v) is 7.36. The first-order chi connectivity index (χ1) is 29.0. The van der Waals surface area contributed by atoms with Crippen molar-refractivity contribution in [2.45, 2.75) is 25.2 Å². The fraction of sp³-hybridized carbons (Fsp3) is 0.122. The molecule has 0 aliphatic carbocycles. The number of carbonyl (C=O) groups excluding carboxylic acids is 1. The second-order valence-electron chi connectivity index (χ2n) is 14.0. The molecule has 0 radical (unpaired) electrons. The van der Waals surface area contributed by atoms with Crippen molar-refractivity contribution in [2.75, 3.05) is 13.2 Å². The van der Waals surface area contributed by atoms with Crippen LogP contribution in [-0.2, 0) is 25.2 Å². The van der Waals surface area contributed by atoms with Crippen molar-refractivity contribution in [3.63, 3.8) is 0 Å². The summed E-state index contributed by atoms with van der Waals surface area (Å²) in [5, 5.41) is 0.0844. The Morgan fingerprint density at radius 3 is 1.28 bits per heavy atom. The van der Waals surface area contributed by atoms with E-state index in [1.807, 2.05) is 60.7 Å². The first kappa shape index (κ1) is 39.8. The molecule has 2 aromatic heterocycles. The minimum Gasteiger partial charge on any atom is -0.493 e. The molecule has 8 aromatic rings. The van der Waals surface area contributed by atoms with Crippen molar-refractivity contribution in [1.82, 2.24) is 9.97 Å². The van der Waals surface area contributed by atoms with Crippen molar-refractivity contribution < 1.29 is 40.6 Å². The monoisotopic (exact) mass is 812 g/mol. The maximum Gasteiger partial charge on any atom is 0.418 e. The molecule has 6 aromatic carbocycles. The number of aromatic nitrogens is 2. The lowest BCUT2D eigenvalue weighted by molar-refractivity contribution is -0.137. The maximum absolute atomic E-state index is 15.1. The number of pyridine rings is 2. The van der Waals surface area contributed by atoms with Gasteiger partial charge in [0.2, 0.25) is 0 Å². The molecule has 8 rings (SSSR count). The zero-order valence-corrected chi connectivity index (χ0v) is 31.7. The molecule has 5 nitrogen and oxygen atoms in total. The van der Waals surface area contributed by atoms with E-state index in [-0.39, 0.29) is 44.1 Å². The standard InChI is InChI=1S/C49H34F6N2O3/c50-48(51,52)41-21-9-19-37-43(33-15-7-17-35(27-33)59-25-23-31-11-3-1-4-12-31)39(29-56-45(37)41)47(58)40-30-57-46-38(20-10-22-42(46)49(53,54)55)44(40)34-16-8-18-36(28-34)60-26-24-32-13-5-2-6-14-32/h1-22,27-30H,23-26H2. The molecule has 0 spiro atoms. The number of carbonyl (C=O) groups is 1. The van der Waals surface area contributed by atoms with Gasteiger partial charge in [0, 0.05) is 58.3 Å². The highest BCUT2D eigenvalue weighted by Gasteiger charge is 2.36. The van der Waals surface area contributed by atoms with Crippen LogP contribution >= 0.6 is 0 Å². The zero-order chi connectivity index (χ0) is 41.9. The predicted molar refractivity (Wildman–Crippen MR) is 219 cm³/mol. The number of hydrogen-bond acceptors (Lipinski definition) is 5. The lowest BCUT2D eigenvalue weighted by Gasteiger charge is -2.19. The molecule has 0 aliphatic rings. The molecule has 0 atom stereocenters. The first-order valence-corrected chi connectivity index (χ1v) is 19.0. The van der Waals surface area contributed by atoms with Crippen molar-refractivity contribution in [3.8, 4) is 33.8 Å². The number of nitrogens with zero attached hydrogens (tertiary/aromatic N) is 2. The Hall–Kier alpha value is -7.01. The van der Waals surface area contributed by atoms with Gasteiger partial charge in [0.15, 0.2) is 5.78 Å². The van der Waals surface area contributed by atoms with Crippen LogP contribution in [0.2, 0.25) is 0 Å². The lowest BCUT2D eigenvalue weighted by Crippen LogP contribution is -2.12. The molecule has 60 heavy (non-hydrogen) atoms. The van der Waals surface area contributed by atoms with Crippen molar-refractivity contribution >= 4 is 27.6 Å². The Kier molecular flexibility index (Phi) is 11.1. The van der Waals surface area contributed by atoms with Gasteiger partial charge in [-0.15, -0.1) is 0 Å². The van der Waals surface area contributed by atoms with Gasteiger partial charge in [0.25, 0.3) is 0 Å². The smallest absolute Gasteiger partial charge is 0.418 e. The molecular formula is C49H34F6N2O3. The van der Waals surface area contributed by atoms with Gasteiger partial charge in [-0.3, -0.25) is 14.8 Å². The zero-order valence-electron chi connectivity index (χ0n) is 31.7. The van der Waals surface area contributed by atoms with E-state index in [4.69, 9.17) is 9.47 Å². The molecule has 0 saturated heterocycles. The lowest BCUT2D eigenvalue weighted by atomic mass is 9.87. The molecule has 0 fully saturated rings. The molecular weight excluding hydrogens is 779 g/mol. The van der Waals surface area contributed by atoms with Crippen LogP contribution in [0.1, 0.15) is 38.2 Å². The van der Waals surface area contributed by atoms with E-state index < -0.39 is 29.3 Å². The van der Waals surface area contributed by atoms with Gasteiger partial charge in [0.1, 0.15) is 11.5 Å². The third-order valence-electron chi connectivity index (χ3n) is 10.1. The second-order valence-corrected chi connectivity index (χ2v) is 14.0. The topological polar surface area (TPSA) is 61.3 Å². The summed E-state index contributed by atoms with van der Waals surface area (Å²) in [6, 6.07) is 40.0. The SMILES string of the molecule is O=C(c1cnc2c(C(F)(F)F)cccc2c1-c1cccc(OCCc2ccccc2)c1)c1cnc2c(C(F)(F)F)cccc2c1-c1cccc(OCCc2ccccc2)c1. The van der Waals surface area contributed by atoms with E-state index in [1.54, 1.807) is 48.5 Å². The van der Waals surface area contributed by atoms with Gasteiger partial charge in [-0.2, -0.15) is 26.3 Å². The van der Waals surface area contributed by atoms with E-state index in [9.17, 15) is 26.3 Å². The maximum atomic E-state index is 15.1. The highest BCUT2D eigenvalue weighted by atomic mass is 19.4. The van der Waals surface area contributed by atoms with Crippen molar-refractivity contribution in [3.05, 3.63) is 191 Å². The summed E-state index contributed by atoms with van der Waals surface area (Å²) >= 11 is 0. The van der Waals surface area contributed by atoms with Gasteiger partial charge in [-0.05, 0) is 58.7 Å². The number of halogens is 6. The average molecular weight is 813 g/mol. The highest BCUT2D eigenvalue weighted by molar-refractivity contribution is 6.21. The van der Waals surface area contributed by atoms with Crippen molar-refractivity contribution in [2.24, 2.45) is 0 Å². The van der Waals surface area contributed by atoms with E-state index in [0.717, 1.165) is 35.7 Å². The van der Waals surface area contributed by atoms with Gasteiger partial charge in [-0.1, -0.05) is 109 Å². The number of fused-ring (bicyclic) bond motifs is 2. The van der Waals surface area contributed by atoms with Crippen LogP contribution in [0.25, 0.3) is 44.1 Å². The van der Waals surface area contributed by atoms with Crippen LogP contribution in [0.3, 0.4) is 0 Å². The fourth-order valence-electron chi connectivity index (χ4n) is 7.36. The van der Waals surface area contributed by atoms with E-state index in [0.29, 0.717) is 48.7 Å². The Morgan fingerprint density at radius 1 is 0.483 bits per heavy atom. The van der Waals surface area contributed by atoms with Gasteiger partial charge in [-0.25, -0.2) is 0 Å². The molecule has 11 heteroatoms. The molecule has 2 heterocycles. The third kappa shape index (κ3) is 8.42. The van der Waals surface area contributed by atoms with Crippen molar-refractivity contribution in [1.29, 1.82) is 0 Å². The van der Waals surface area contributed by atoms with Crippen LogP contribution < -0.4 is 9.47 Å². The minimum atomic E-state index is -4.77. The summed E-state index contributed by atoms with van der Waals surface area (Å²) < 4.78 is 98.5. The van der Waals surface area contributed by atoms with Crippen LogP contribution in [0.15, 0.2) is 158 Å². The summed E-state index contributed by atoms with van der Waals surface area (Å²) in [5.74, 6) is 0.107. The molecule has 0 unspecified atom stereocenters. The van der Waals surface area contributed by atoms with Crippen LogP contribution in [0.5, 0.6) is 11.5 Å². The van der Waals surface area contributed by atoms with Gasteiger partial charge in [0.05, 0.1) is 35.4 Å². The summed E-state index contributed by atoms with van der Waals surface area (Å²) in [7, 11) is 0. The van der Waals surface area contributed by atoms with E-state index >= 15 is 4.79 Å². The number of para-hydroxylation sites is 2. The summed E-state index contributed by atoms with van der Waals surface area (Å²) in [4.78, 5) is 23.5. The second kappa shape index (κ2) is 16.7. The molecule has 300 valence electrons. The van der Waals surface area contributed by atoms with Crippen LogP contribution in [0.4, 0.5) is 26.3 Å². The summed E-state index contributed by atoms with van der Waals surface area (Å²) in [5.41, 5.74) is 0.186. The molecule has 0 aliphatic heterocycles. The van der Waals surface area contributed by atoms with Crippen LogP contribution in [-0.4, -0.2) is 29.0 Å². The molecule has 0 amide bonds. The normalized spacial score (nSPS) is 11.8. The summed E-state index contributed by atoms with van der Waals surface area (Å²) in [6.45, 7) is 0.602. The van der Waals surface area contributed by atoms with Gasteiger partial charge < -0.3 is 9.47 Å². The Balaban J connectivity index is 1.27. The highest BCUT2D eigenvalue weighted by Crippen LogP contribution is 2.43. The number of ether oxygens (including phenoxy) is 2. The van der Waals surface area contributed by atoms with Crippen LogP contribution in [0, 0.1) is 0 Å². The third-order valence-corrected chi connectivity index (χ3v) is 10.1. The Labute approximate surface area is 340 Å². The molecule has 0 saturated carbocycles. The number of hydrogen-bond donors (Lipinski definition) is 0. The summed E-state index contributed by atoms with van der Waals surface area (Å²) in [6.07, 6.45) is -6.18. The Morgan fingerprint density at radius 2 is 0.883 bits per heavy atom. The molecule has 0 bridgehead atoms. The Bertz CT molecular complexity index is 2630. The molecule has 0 N–H and O–H groups in total. The minimum absolute atomic E-state index is 0.0422.